The third-order valence-corrected chi connectivity index (χ3v) is 10.0. The van der Waals surface area contributed by atoms with E-state index in [0.29, 0.717) is 17.6 Å². The first-order chi connectivity index (χ1) is 24.0. The van der Waals surface area contributed by atoms with Gasteiger partial charge in [0, 0.05) is 32.9 Å². The van der Waals surface area contributed by atoms with Gasteiger partial charge < -0.3 is 4.42 Å². The van der Waals surface area contributed by atoms with Crippen LogP contribution in [0.3, 0.4) is 0 Å². The summed E-state index contributed by atoms with van der Waals surface area (Å²) >= 11 is 0. The van der Waals surface area contributed by atoms with Crippen molar-refractivity contribution in [2.45, 2.75) is 19.3 Å². The molecule has 0 saturated heterocycles. The van der Waals surface area contributed by atoms with Crippen molar-refractivity contribution in [3.63, 3.8) is 0 Å². The van der Waals surface area contributed by atoms with Crippen LogP contribution in [0.2, 0.25) is 0 Å². The Hall–Kier alpha value is -6.40. The largest absolute Gasteiger partial charge is 0.443 e. The predicted molar refractivity (Wildman–Crippen MR) is 196 cm³/mol. The van der Waals surface area contributed by atoms with E-state index in [4.69, 9.17) is 19.4 Å². The van der Waals surface area contributed by atoms with Gasteiger partial charge >= 0.3 is 0 Å². The van der Waals surface area contributed by atoms with E-state index in [1.54, 1.807) is 6.39 Å². The maximum atomic E-state index is 5.95. The minimum Gasteiger partial charge on any atom is -0.443 e. The first-order valence-corrected chi connectivity index (χ1v) is 16.5. The van der Waals surface area contributed by atoms with E-state index in [2.05, 4.69) is 96.2 Å². The van der Waals surface area contributed by atoms with Crippen molar-refractivity contribution in [1.29, 1.82) is 0 Å². The molecule has 3 heterocycles. The summed E-state index contributed by atoms with van der Waals surface area (Å²) in [6.45, 7) is 4.57. The Morgan fingerprint density at radius 2 is 1.18 bits per heavy atom. The smallest absolute Gasteiger partial charge is 0.238 e. The van der Waals surface area contributed by atoms with Crippen molar-refractivity contribution < 1.29 is 4.42 Å². The van der Waals surface area contributed by atoms with Crippen LogP contribution in [0.25, 0.3) is 83.9 Å². The summed E-state index contributed by atoms with van der Waals surface area (Å²) in [7, 11) is 0. The summed E-state index contributed by atoms with van der Waals surface area (Å²) in [4.78, 5) is 19.5. The van der Waals surface area contributed by atoms with Gasteiger partial charge in [0.15, 0.2) is 23.6 Å². The first-order valence-electron chi connectivity index (χ1n) is 16.5. The average molecular weight is 632 g/mol. The average Bonchev–Trinajstić information content (AvgIpc) is 3.83. The Kier molecular flexibility index (Phi) is 5.82. The molecule has 232 valence electrons. The van der Waals surface area contributed by atoms with Crippen LogP contribution in [-0.4, -0.2) is 24.5 Å². The zero-order valence-electron chi connectivity index (χ0n) is 26.9. The number of rotatable bonds is 4. The minimum absolute atomic E-state index is 0.136. The monoisotopic (exact) mass is 631 g/mol. The fourth-order valence-electron chi connectivity index (χ4n) is 7.60. The van der Waals surface area contributed by atoms with Gasteiger partial charge in [0.2, 0.25) is 5.95 Å². The molecule has 0 fully saturated rings. The van der Waals surface area contributed by atoms with Crippen molar-refractivity contribution in [3.05, 3.63) is 151 Å². The van der Waals surface area contributed by atoms with Gasteiger partial charge in [-0.2, -0.15) is 9.97 Å². The Bertz CT molecular complexity index is 2680. The fraction of sp³-hybridized carbons (Fsp3) is 0.0698. The zero-order valence-corrected chi connectivity index (χ0v) is 26.9. The molecule has 0 spiro atoms. The standard InChI is InChI=1S/C43H29N5O/c1-43(2)33-19-17-28(24-32(33)38-34(43)20-21-35-39(38)49-25-44-35)29-18-22-37-31(23-29)30-15-9-10-16-36(30)48(37)42-46-40(26-11-5-3-6-12-26)45-41(47-42)27-13-7-4-8-14-27/h3-25H,1-2H3. The molecular weight excluding hydrogens is 603 g/mol. The van der Waals surface area contributed by atoms with Crippen LogP contribution in [0.5, 0.6) is 0 Å². The van der Waals surface area contributed by atoms with Crippen LogP contribution >= 0.6 is 0 Å². The van der Waals surface area contributed by atoms with Gasteiger partial charge in [0.05, 0.1) is 11.0 Å². The van der Waals surface area contributed by atoms with E-state index in [1.807, 2.05) is 60.7 Å². The molecule has 9 aromatic rings. The number of nitrogens with zero attached hydrogens (tertiary/aromatic N) is 5. The van der Waals surface area contributed by atoms with Gasteiger partial charge in [0.1, 0.15) is 5.52 Å². The lowest BCUT2D eigenvalue weighted by Gasteiger charge is -2.21. The van der Waals surface area contributed by atoms with E-state index < -0.39 is 0 Å². The Balaban J connectivity index is 1.17. The van der Waals surface area contributed by atoms with Crippen LogP contribution in [0, 0.1) is 0 Å². The lowest BCUT2D eigenvalue weighted by atomic mass is 9.82. The highest BCUT2D eigenvalue weighted by molar-refractivity contribution is 6.10. The molecule has 0 unspecified atom stereocenters. The predicted octanol–water partition coefficient (Wildman–Crippen LogP) is 10.4. The molecule has 6 heteroatoms. The third-order valence-electron chi connectivity index (χ3n) is 10.0. The first kappa shape index (κ1) is 27.7. The van der Waals surface area contributed by atoms with E-state index in [9.17, 15) is 0 Å². The maximum absolute atomic E-state index is 5.95. The molecule has 1 aliphatic carbocycles. The molecule has 0 saturated carbocycles. The molecule has 0 amide bonds. The van der Waals surface area contributed by atoms with Gasteiger partial charge in [-0.3, -0.25) is 4.57 Å². The quantitative estimate of drug-likeness (QED) is 0.193. The summed E-state index contributed by atoms with van der Waals surface area (Å²) in [5.41, 5.74) is 12.7. The molecule has 0 atom stereocenters. The van der Waals surface area contributed by atoms with Gasteiger partial charge in [-0.25, -0.2) is 9.97 Å². The van der Waals surface area contributed by atoms with Gasteiger partial charge in [-0.05, 0) is 58.1 Å². The van der Waals surface area contributed by atoms with Crippen LogP contribution in [0.4, 0.5) is 0 Å². The summed E-state index contributed by atoms with van der Waals surface area (Å²) < 4.78 is 8.11. The Labute approximate surface area is 282 Å². The van der Waals surface area contributed by atoms with Crippen molar-refractivity contribution in [2.75, 3.05) is 0 Å². The lowest BCUT2D eigenvalue weighted by Crippen LogP contribution is -2.14. The summed E-state index contributed by atoms with van der Waals surface area (Å²) in [5, 5.41) is 2.27. The molecule has 0 N–H and O–H groups in total. The van der Waals surface area contributed by atoms with Gasteiger partial charge in [-0.1, -0.05) is 117 Å². The molecule has 49 heavy (non-hydrogen) atoms. The molecule has 3 aromatic heterocycles. The number of aromatic nitrogens is 5. The van der Waals surface area contributed by atoms with Gasteiger partial charge in [-0.15, -0.1) is 0 Å². The molecule has 0 aliphatic heterocycles. The number of hydrogen-bond donors (Lipinski definition) is 0. The minimum atomic E-state index is -0.136. The second-order valence-corrected chi connectivity index (χ2v) is 13.2. The van der Waals surface area contributed by atoms with Crippen LogP contribution in [0.15, 0.2) is 144 Å². The maximum Gasteiger partial charge on any atom is 0.238 e. The highest BCUT2D eigenvalue weighted by Gasteiger charge is 2.37. The summed E-state index contributed by atoms with van der Waals surface area (Å²) in [6.07, 6.45) is 1.54. The molecule has 6 nitrogen and oxygen atoms in total. The highest BCUT2D eigenvalue weighted by Crippen LogP contribution is 2.52. The Morgan fingerprint density at radius 1 is 0.551 bits per heavy atom. The number of oxazole rings is 1. The molecule has 1 aliphatic rings. The van der Waals surface area contributed by atoms with Crippen molar-refractivity contribution in [2.24, 2.45) is 0 Å². The lowest BCUT2D eigenvalue weighted by molar-refractivity contribution is 0.601. The zero-order chi connectivity index (χ0) is 32.7. The second-order valence-electron chi connectivity index (χ2n) is 13.2. The second kappa shape index (κ2) is 10.3. The molecule has 0 bridgehead atoms. The van der Waals surface area contributed by atoms with E-state index >= 15 is 0 Å². The van der Waals surface area contributed by atoms with Crippen LogP contribution in [0.1, 0.15) is 25.0 Å². The summed E-state index contributed by atoms with van der Waals surface area (Å²) in [6, 6.07) is 46.5. The van der Waals surface area contributed by atoms with E-state index in [-0.39, 0.29) is 5.41 Å². The van der Waals surface area contributed by atoms with Crippen molar-refractivity contribution in [1.82, 2.24) is 24.5 Å². The molecule has 0 radical (unpaired) electrons. The normalized spacial score (nSPS) is 13.3. The third kappa shape index (κ3) is 4.14. The number of fused-ring (bicyclic) bond motifs is 8. The van der Waals surface area contributed by atoms with E-state index in [1.165, 1.54) is 16.7 Å². The van der Waals surface area contributed by atoms with Crippen molar-refractivity contribution >= 4 is 32.9 Å². The number of para-hydroxylation sites is 1. The topological polar surface area (TPSA) is 69.6 Å². The molecule has 10 rings (SSSR count). The number of hydrogen-bond acceptors (Lipinski definition) is 5. The van der Waals surface area contributed by atoms with Crippen molar-refractivity contribution in [3.8, 4) is 51.0 Å². The van der Waals surface area contributed by atoms with Crippen LogP contribution in [-0.2, 0) is 5.41 Å². The molecular formula is C43H29N5O. The van der Waals surface area contributed by atoms with Crippen LogP contribution < -0.4 is 0 Å². The number of benzene rings is 6. The SMILES string of the molecule is CC1(C)c2ccc(-c3ccc4c(c3)c3ccccc3n4-c3nc(-c4ccccc4)nc(-c4ccccc4)n3)cc2-c2c1ccc1ncoc21. The van der Waals surface area contributed by atoms with E-state index in [0.717, 1.165) is 60.7 Å². The van der Waals surface area contributed by atoms with Gasteiger partial charge in [0.25, 0.3) is 0 Å². The fourth-order valence-corrected chi connectivity index (χ4v) is 7.60. The highest BCUT2D eigenvalue weighted by atomic mass is 16.3. The molecule has 6 aromatic carbocycles. The Morgan fingerprint density at radius 3 is 1.94 bits per heavy atom. The summed E-state index contributed by atoms with van der Waals surface area (Å²) in [5.74, 6) is 1.85.